The van der Waals surface area contributed by atoms with Crippen LogP contribution in [0, 0.1) is 24.4 Å². The number of halogens is 7. The molecule has 0 saturated heterocycles. The second-order valence-electron chi connectivity index (χ2n) is 9.00. The summed E-state index contributed by atoms with van der Waals surface area (Å²) in [5, 5.41) is 6.15. The number of alkyl halides is 3. The minimum Gasteiger partial charge on any atom is -0.366 e. The van der Waals surface area contributed by atoms with Crippen molar-refractivity contribution in [2.75, 3.05) is 0 Å². The lowest BCUT2D eigenvalue weighted by atomic mass is 9.94. The van der Waals surface area contributed by atoms with E-state index in [0.717, 1.165) is 22.9 Å². The predicted octanol–water partition coefficient (Wildman–Crippen LogP) is 5.65. The third-order valence-electron chi connectivity index (χ3n) is 6.10. The van der Waals surface area contributed by atoms with Gasteiger partial charge in [-0.15, -0.1) is 0 Å². The maximum absolute atomic E-state index is 14.1. The number of pyridine rings is 1. The maximum atomic E-state index is 14.1. The Morgan fingerprint density at radius 3 is 2.37 bits per heavy atom. The van der Waals surface area contributed by atoms with Gasteiger partial charge in [0.05, 0.1) is 27.5 Å². The van der Waals surface area contributed by atoms with Gasteiger partial charge in [-0.1, -0.05) is 12.1 Å². The molecule has 7 nitrogen and oxygen atoms in total. The third-order valence-corrected chi connectivity index (χ3v) is 7.05. The van der Waals surface area contributed by atoms with Crippen LogP contribution in [0.3, 0.4) is 0 Å². The second kappa shape index (κ2) is 11.7. The van der Waals surface area contributed by atoms with Crippen molar-refractivity contribution in [1.29, 1.82) is 0 Å². The molecule has 0 spiro atoms. The molecule has 3 N–H and O–H groups in total. The van der Waals surface area contributed by atoms with Crippen LogP contribution in [0.2, 0.25) is 0 Å². The number of aromatic nitrogens is 3. The van der Waals surface area contributed by atoms with Crippen molar-refractivity contribution in [3.8, 4) is 11.1 Å². The Hall–Kier alpha value is -4.20. The van der Waals surface area contributed by atoms with E-state index in [4.69, 9.17) is 5.73 Å². The highest BCUT2D eigenvalue weighted by molar-refractivity contribution is 9.10. The first-order valence-electron chi connectivity index (χ1n) is 11.8. The molecule has 1 atom stereocenters. The summed E-state index contributed by atoms with van der Waals surface area (Å²) in [6.45, 7) is 0.716. The van der Waals surface area contributed by atoms with E-state index in [1.165, 1.54) is 31.3 Å². The van der Waals surface area contributed by atoms with E-state index in [1.54, 1.807) is 6.07 Å². The monoisotopic (exact) mass is 639 g/mol. The van der Waals surface area contributed by atoms with Crippen molar-refractivity contribution in [3.05, 3.63) is 105 Å². The fourth-order valence-corrected chi connectivity index (χ4v) is 4.75. The molecule has 0 radical (unpaired) electrons. The average molecular weight is 640 g/mol. The van der Waals surface area contributed by atoms with Crippen LogP contribution >= 0.6 is 15.9 Å². The van der Waals surface area contributed by atoms with Gasteiger partial charge in [-0.05, 0) is 70.7 Å². The Morgan fingerprint density at radius 1 is 1.07 bits per heavy atom. The maximum Gasteiger partial charge on any atom is 0.436 e. The van der Waals surface area contributed by atoms with Gasteiger partial charge in [-0.25, -0.2) is 13.2 Å². The molecular formula is C27H20BrF6N5O2. The Labute approximate surface area is 237 Å². The summed E-state index contributed by atoms with van der Waals surface area (Å²) in [6.07, 6.45) is -3.58. The van der Waals surface area contributed by atoms with E-state index in [2.05, 4.69) is 31.3 Å². The zero-order chi connectivity index (χ0) is 30.1. The lowest BCUT2D eigenvalue weighted by molar-refractivity contribution is -0.142. The van der Waals surface area contributed by atoms with Crippen LogP contribution in [-0.4, -0.2) is 26.6 Å². The number of nitrogens with one attached hydrogen (secondary N) is 1. The van der Waals surface area contributed by atoms with Crippen LogP contribution in [-0.2, 0) is 23.9 Å². The van der Waals surface area contributed by atoms with Gasteiger partial charge in [0.2, 0.25) is 5.91 Å². The number of nitrogens with zero attached hydrogens (tertiary/aromatic N) is 3. The zero-order valence-electron chi connectivity index (χ0n) is 21.1. The van der Waals surface area contributed by atoms with E-state index in [0.29, 0.717) is 17.2 Å². The predicted molar refractivity (Wildman–Crippen MR) is 139 cm³/mol. The molecule has 0 fully saturated rings. The van der Waals surface area contributed by atoms with Crippen LogP contribution in [0.25, 0.3) is 11.1 Å². The van der Waals surface area contributed by atoms with Gasteiger partial charge in [0.15, 0.2) is 5.69 Å². The van der Waals surface area contributed by atoms with Crippen molar-refractivity contribution >= 4 is 27.7 Å². The molecule has 2 heterocycles. The summed E-state index contributed by atoms with van der Waals surface area (Å²) in [5.74, 6) is -4.40. The number of hydrogen-bond donors (Lipinski definition) is 2. The van der Waals surface area contributed by atoms with Gasteiger partial charge in [0.25, 0.3) is 5.91 Å². The van der Waals surface area contributed by atoms with Gasteiger partial charge in [0.1, 0.15) is 24.0 Å². The molecule has 2 amide bonds. The first kappa shape index (κ1) is 29.8. The molecule has 0 aliphatic rings. The van der Waals surface area contributed by atoms with Crippen molar-refractivity contribution in [2.45, 2.75) is 32.1 Å². The van der Waals surface area contributed by atoms with Gasteiger partial charge in [-0.3, -0.25) is 19.3 Å². The summed E-state index contributed by atoms with van der Waals surface area (Å²) >= 11 is 2.85. The smallest absolute Gasteiger partial charge is 0.366 e. The number of benzene rings is 2. The summed E-state index contributed by atoms with van der Waals surface area (Å²) in [7, 11) is 0. The molecule has 41 heavy (non-hydrogen) atoms. The number of nitrogens with two attached hydrogens (primary N) is 1. The largest absolute Gasteiger partial charge is 0.436 e. The highest BCUT2D eigenvalue weighted by Gasteiger charge is 2.38. The van der Waals surface area contributed by atoms with E-state index < -0.39 is 59.3 Å². The molecule has 4 rings (SSSR count). The number of primary amides is 1. The van der Waals surface area contributed by atoms with E-state index in [-0.39, 0.29) is 27.8 Å². The van der Waals surface area contributed by atoms with E-state index in [9.17, 15) is 35.9 Å². The fraction of sp³-hybridized carbons (Fsp3) is 0.185. The van der Waals surface area contributed by atoms with Crippen molar-refractivity contribution in [3.63, 3.8) is 0 Å². The van der Waals surface area contributed by atoms with Gasteiger partial charge >= 0.3 is 6.18 Å². The van der Waals surface area contributed by atoms with Crippen LogP contribution in [0.4, 0.5) is 26.3 Å². The average Bonchev–Trinajstić information content (AvgIpc) is 3.16. The number of amides is 2. The molecule has 214 valence electrons. The van der Waals surface area contributed by atoms with Gasteiger partial charge < -0.3 is 11.1 Å². The normalized spacial score (nSPS) is 12.3. The highest BCUT2D eigenvalue weighted by atomic mass is 79.9. The molecule has 0 aliphatic heterocycles. The molecule has 1 unspecified atom stereocenters. The number of carbonyl (C=O) groups is 2. The van der Waals surface area contributed by atoms with Crippen LogP contribution in [0.5, 0.6) is 0 Å². The quantitative estimate of drug-likeness (QED) is 0.243. The van der Waals surface area contributed by atoms with Crippen molar-refractivity contribution in [1.82, 2.24) is 20.1 Å². The Balaban J connectivity index is 1.74. The minimum absolute atomic E-state index is 0.0417. The number of hydrogen-bond acceptors (Lipinski definition) is 4. The highest BCUT2D eigenvalue weighted by Crippen LogP contribution is 2.35. The zero-order valence-corrected chi connectivity index (χ0v) is 22.7. The summed E-state index contributed by atoms with van der Waals surface area (Å²) in [5.41, 5.74) is 4.65. The molecule has 4 aromatic rings. The first-order chi connectivity index (χ1) is 19.2. The lowest BCUT2D eigenvalue weighted by Crippen LogP contribution is -2.34. The Morgan fingerprint density at radius 2 is 1.76 bits per heavy atom. The minimum atomic E-state index is -4.77. The first-order valence-corrected chi connectivity index (χ1v) is 12.6. The number of rotatable bonds is 8. The SMILES string of the molecule is Cc1c(Br)c(C(F)(F)F)nn1CC(=O)NC(Cc1cc(F)cc(F)c1)c1ncccc1-c1ccc(F)c(C(N)=O)c1. The fourth-order valence-electron chi connectivity index (χ4n) is 4.24. The van der Waals surface area contributed by atoms with Crippen LogP contribution in [0.15, 0.2) is 59.2 Å². The van der Waals surface area contributed by atoms with Crippen LogP contribution < -0.4 is 11.1 Å². The van der Waals surface area contributed by atoms with E-state index >= 15 is 0 Å². The summed E-state index contributed by atoms with van der Waals surface area (Å²) < 4.78 is 82.6. The molecule has 0 saturated carbocycles. The number of carbonyl (C=O) groups excluding carboxylic acids is 2. The standard InChI is InChI=1S/C27H20BrF6N5O2/c1-13-23(28)25(27(32,33)34)38-39(13)12-22(40)37-21(9-14-7-16(29)11-17(30)8-14)24-18(3-2-6-36-24)15-4-5-20(31)19(10-15)26(35)41/h2-8,10-11,21H,9,12H2,1H3,(H2,35,41)(H,37,40). The van der Waals surface area contributed by atoms with Crippen LogP contribution in [0.1, 0.15) is 39.0 Å². The van der Waals surface area contributed by atoms with Gasteiger partial charge in [-0.2, -0.15) is 18.3 Å². The molecule has 2 aromatic carbocycles. The van der Waals surface area contributed by atoms with Gasteiger partial charge in [0, 0.05) is 17.8 Å². The van der Waals surface area contributed by atoms with Crippen molar-refractivity contribution < 1.29 is 35.9 Å². The second-order valence-corrected chi connectivity index (χ2v) is 9.79. The van der Waals surface area contributed by atoms with E-state index in [1.807, 2.05) is 0 Å². The Kier molecular flexibility index (Phi) is 8.52. The molecule has 0 aliphatic carbocycles. The lowest BCUT2D eigenvalue weighted by Gasteiger charge is -2.22. The molecule has 2 aromatic heterocycles. The summed E-state index contributed by atoms with van der Waals surface area (Å²) in [4.78, 5) is 29.2. The molecule has 0 bridgehead atoms. The molecule has 14 heteroatoms. The van der Waals surface area contributed by atoms with Crippen molar-refractivity contribution in [2.24, 2.45) is 5.73 Å². The molecular weight excluding hydrogens is 620 g/mol. The Bertz CT molecular complexity index is 1620. The topological polar surface area (TPSA) is 103 Å². The third kappa shape index (κ3) is 6.76. The summed E-state index contributed by atoms with van der Waals surface area (Å²) in [6, 6.07) is 8.38.